The fourth-order valence-corrected chi connectivity index (χ4v) is 1.82. The number of hydrogen-bond acceptors (Lipinski definition) is 2. The largest absolute Gasteiger partial charge is 0.378 e. The minimum atomic E-state index is 0.890. The van der Waals surface area contributed by atoms with Gasteiger partial charge in [-0.25, -0.2) is 0 Å². The summed E-state index contributed by atoms with van der Waals surface area (Å²) < 4.78 is 5.30. The van der Waals surface area contributed by atoms with Crippen molar-refractivity contribution in [2.24, 2.45) is 0 Å². The van der Waals surface area contributed by atoms with Crippen LogP contribution >= 0.6 is 0 Å². The van der Waals surface area contributed by atoms with E-state index in [1.54, 1.807) is 0 Å². The lowest BCUT2D eigenvalue weighted by Gasteiger charge is -2.24. The maximum absolute atomic E-state index is 5.30. The summed E-state index contributed by atoms with van der Waals surface area (Å²) in [5, 5.41) is 0. The Morgan fingerprint density at radius 1 is 1.07 bits per heavy atom. The Morgan fingerprint density at radius 2 is 1.80 bits per heavy atom. The standard InChI is InChI=1S/C13H25NO/c1-2-3-4-5-6-7-8-9-14-10-12-15-13-11-14/h8-9H,2-7,10-13H2,1H3/b9-8+. The Hall–Kier alpha value is -0.500. The summed E-state index contributed by atoms with van der Waals surface area (Å²) in [6.07, 6.45) is 12.7. The number of ether oxygens (including phenoxy) is 1. The van der Waals surface area contributed by atoms with Crippen LogP contribution in [0.2, 0.25) is 0 Å². The molecule has 0 aromatic carbocycles. The third-order valence-electron chi connectivity index (χ3n) is 2.84. The lowest BCUT2D eigenvalue weighted by Crippen LogP contribution is -2.31. The van der Waals surface area contributed by atoms with Crippen LogP contribution in [0.1, 0.15) is 45.4 Å². The monoisotopic (exact) mass is 211 g/mol. The van der Waals surface area contributed by atoms with Crippen molar-refractivity contribution < 1.29 is 4.74 Å². The van der Waals surface area contributed by atoms with E-state index in [4.69, 9.17) is 4.74 Å². The molecule has 0 atom stereocenters. The van der Waals surface area contributed by atoms with Gasteiger partial charge in [-0.2, -0.15) is 0 Å². The topological polar surface area (TPSA) is 12.5 Å². The number of rotatable bonds is 7. The second-order valence-corrected chi connectivity index (χ2v) is 4.24. The number of nitrogens with zero attached hydrogens (tertiary/aromatic N) is 1. The van der Waals surface area contributed by atoms with Crippen LogP contribution in [0.4, 0.5) is 0 Å². The molecule has 0 N–H and O–H groups in total. The average Bonchev–Trinajstić information content (AvgIpc) is 2.29. The summed E-state index contributed by atoms with van der Waals surface area (Å²) in [6, 6.07) is 0. The molecule has 0 spiro atoms. The van der Waals surface area contributed by atoms with Gasteiger partial charge >= 0.3 is 0 Å². The van der Waals surface area contributed by atoms with Crippen LogP contribution in [0, 0.1) is 0 Å². The van der Waals surface area contributed by atoms with Crippen molar-refractivity contribution in [3.8, 4) is 0 Å². The van der Waals surface area contributed by atoms with E-state index in [1.807, 2.05) is 0 Å². The smallest absolute Gasteiger partial charge is 0.0642 e. The van der Waals surface area contributed by atoms with Crippen molar-refractivity contribution in [1.82, 2.24) is 4.90 Å². The molecule has 88 valence electrons. The number of unbranched alkanes of at least 4 members (excludes halogenated alkanes) is 5. The van der Waals surface area contributed by atoms with Crippen molar-refractivity contribution in [1.29, 1.82) is 0 Å². The molecule has 0 aromatic heterocycles. The van der Waals surface area contributed by atoms with Crippen LogP contribution in [0.15, 0.2) is 12.3 Å². The number of morpholine rings is 1. The second-order valence-electron chi connectivity index (χ2n) is 4.24. The summed E-state index contributed by atoms with van der Waals surface area (Å²) in [5.41, 5.74) is 0. The molecule has 0 radical (unpaired) electrons. The molecule has 0 unspecified atom stereocenters. The molecule has 1 aliphatic heterocycles. The quantitative estimate of drug-likeness (QED) is 0.600. The Bertz CT molecular complexity index is 162. The van der Waals surface area contributed by atoms with E-state index in [0.717, 1.165) is 26.3 Å². The van der Waals surface area contributed by atoms with Crippen molar-refractivity contribution in [2.45, 2.75) is 45.4 Å². The van der Waals surface area contributed by atoms with Gasteiger partial charge in [0, 0.05) is 13.1 Å². The summed E-state index contributed by atoms with van der Waals surface area (Å²) in [5.74, 6) is 0. The summed E-state index contributed by atoms with van der Waals surface area (Å²) >= 11 is 0. The van der Waals surface area contributed by atoms with Gasteiger partial charge in [-0.15, -0.1) is 0 Å². The van der Waals surface area contributed by atoms with E-state index in [9.17, 15) is 0 Å². The Morgan fingerprint density at radius 3 is 2.53 bits per heavy atom. The molecule has 0 saturated carbocycles. The van der Waals surface area contributed by atoms with Gasteiger partial charge in [0.05, 0.1) is 13.2 Å². The zero-order chi connectivity index (χ0) is 10.8. The molecule has 0 aromatic rings. The first-order valence-corrected chi connectivity index (χ1v) is 6.42. The molecule has 15 heavy (non-hydrogen) atoms. The third-order valence-corrected chi connectivity index (χ3v) is 2.84. The minimum Gasteiger partial charge on any atom is -0.378 e. The van der Waals surface area contributed by atoms with Gasteiger partial charge in [0.2, 0.25) is 0 Å². The lowest BCUT2D eigenvalue weighted by molar-refractivity contribution is 0.0593. The van der Waals surface area contributed by atoms with E-state index < -0.39 is 0 Å². The molecular weight excluding hydrogens is 186 g/mol. The van der Waals surface area contributed by atoms with Crippen molar-refractivity contribution in [3.63, 3.8) is 0 Å². The lowest BCUT2D eigenvalue weighted by atomic mass is 10.1. The Kier molecular flexibility index (Phi) is 7.36. The minimum absolute atomic E-state index is 0.890. The fourth-order valence-electron chi connectivity index (χ4n) is 1.82. The average molecular weight is 211 g/mol. The van der Waals surface area contributed by atoms with Gasteiger partial charge < -0.3 is 9.64 Å². The van der Waals surface area contributed by atoms with Crippen LogP contribution in [-0.4, -0.2) is 31.2 Å². The van der Waals surface area contributed by atoms with Gasteiger partial charge in [0.15, 0.2) is 0 Å². The molecule has 2 heteroatoms. The first-order valence-electron chi connectivity index (χ1n) is 6.42. The number of allylic oxidation sites excluding steroid dienone is 1. The highest BCUT2D eigenvalue weighted by atomic mass is 16.5. The first kappa shape index (κ1) is 12.6. The fraction of sp³-hybridized carbons (Fsp3) is 0.846. The van der Waals surface area contributed by atoms with Gasteiger partial charge in [-0.05, 0) is 19.0 Å². The number of hydrogen-bond donors (Lipinski definition) is 0. The molecule has 1 fully saturated rings. The SMILES string of the molecule is CCCCCCC/C=C/N1CCOCC1. The van der Waals surface area contributed by atoms with Crippen LogP contribution in [0.5, 0.6) is 0 Å². The normalized spacial score (nSPS) is 17.5. The maximum atomic E-state index is 5.30. The van der Waals surface area contributed by atoms with Gasteiger partial charge in [-0.1, -0.05) is 38.7 Å². The van der Waals surface area contributed by atoms with E-state index in [1.165, 1.54) is 38.5 Å². The van der Waals surface area contributed by atoms with Crippen molar-refractivity contribution >= 4 is 0 Å². The van der Waals surface area contributed by atoms with E-state index >= 15 is 0 Å². The predicted octanol–water partition coefficient (Wildman–Crippen LogP) is 3.19. The molecule has 0 amide bonds. The van der Waals surface area contributed by atoms with Crippen LogP contribution in [-0.2, 0) is 4.74 Å². The van der Waals surface area contributed by atoms with E-state index in [-0.39, 0.29) is 0 Å². The third kappa shape index (κ3) is 6.56. The molecular formula is C13H25NO. The first-order chi connectivity index (χ1) is 7.43. The van der Waals surface area contributed by atoms with Crippen molar-refractivity contribution in [3.05, 3.63) is 12.3 Å². The summed E-state index contributed by atoms with van der Waals surface area (Å²) in [7, 11) is 0. The highest BCUT2D eigenvalue weighted by molar-refractivity contribution is 4.83. The molecule has 1 aliphatic rings. The highest BCUT2D eigenvalue weighted by Crippen LogP contribution is 2.06. The second kappa shape index (κ2) is 8.78. The van der Waals surface area contributed by atoms with Gasteiger partial charge in [0.25, 0.3) is 0 Å². The molecule has 1 saturated heterocycles. The van der Waals surface area contributed by atoms with Crippen LogP contribution in [0.25, 0.3) is 0 Å². The Labute approximate surface area is 94.3 Å². The van der Waals surface area contributed by atoms with Gasteiger partial charge in [0.1, 0.15) is 0 Å². The zero-order valence-corrected chi connectivity index (χ0v) is 10.1. The highest BCUT2D eigenvalue weighted by Gasteiger charge is 2.04. The zero-order valence-electron chi connectivity index (χ0n) is 10.1. The van der Waals surface area contributed by atoms with E-state index in [0.29, 0.717) is 0 Å². The Balaban J connectivity index is 1.91. The van der Waals surface area contributed by atoms with E-state index in [2.05, 4.69) is 24.1 Å². The van der Waals surface area contributed by atoms with Crippen LogP contribution in [0.3, 0.4) is 0 Å². The van der Waals surface area contributed by atoms with Gasteiger partial charge in [-0.3, -0.25) is 0 Å². The molecule has 1 rings (SSSR count). The summed E-state index contributed by atoms with van der Waals surface area (Å²) in [6.45, 7) is 6.17. The summed E-state index contributed by atoms with van der Waals surface area (Å²) in [4.78, 5) is 2.36. The predicted molar refractivity (Wildman–Crippen MR) is 64.9 cm³/mol. The maximum Gasteiger partial charge on any atom is 0.0642 e. The molecule has 0 aliphatic carbocycles. The van der Waals surface area contributed by atoms with Crippen LogP contribution < -0.4 is 0 Å². The molecule has 1 heterocycles. The molecule has 0 bridgehead atoms. The molecule has 2 nitrogen and oxygen atoms in total. The van der Waals surface area contributed by atoms with Crippen molar-refractivity contribution in [2.75, 3.05) is 26.3 Å².